The number of nitrogens with zero attached hydrogens (tertiary/aromatic N) is 2. The Morgan fingerprint density at radius 2 is 1.96 bits per heavy atom. The molecule has 0 fully saturated rings. The molecule has 0 spiro atoms. The number of nitriles is 1. The molecule has 0 bridgehead atoms. The summed E-state index contributed by atoms with van der Waals surface area (Å²) in [6, 6.07) is 17.8. The van der Waals surface area contributed by atoms with Gasteiger partial charge in [0, 0.05) is 5.75 Å². The van der Waals surface area contributed by atoms with Crippen LogP contribution in [0.4, 0.5) is 0 Å². The number of fused-ring (bicyclic) bond motifs is 1. The van der Waals surface area contributed by atoms with E-state index in [9.17, 15) is 10.4 Å². The number of allylic oxidation sites excluding steroid dienone is 1. The van der Waals surface area contributed by atoms with Crippen molar-refractivity contribution in [3.8, 4) is 6.07 Å². The molecule has 0 aliphatic carbocycles. The highest BCUT2D eigenvalue weighted by Crippen LogP contribution is 2.23. The highest BCUT2D eigenvalue weighted by Gasteiger charge is 2.13. The highest BCUT2D eigenvalue weighted by atomic mass is 32.2. The summed E-state index contributed by atoms with van der Waals surface area (Å²) in [5, 5.41) is 19.7. The maximum absolute atomic E-state index is 10.3. The molecule has 120 valence electrons. The van der Waals surface area contributed by atoms with Crippen LogP contribution < -0.4 is 0 Å². The van der Waals surface area contributed by atoms with E-state index < -0.39 is 0 Å². The minimum Gasteiger partial charge on any atom is -0.510 e. The first-order valence-corrected chi connectivity index (χ1v) is 8.74. The summed E-state index contributed by atoms with van der Waals surface area (Å²) in [5.74, 6) is 1.62. The Balaban J connectivity index is 1.75. The van der Waals surface area contributed by atoms with E-state index in [1.165, 1.54) is 11.1 Å². The topological polar surface area (TPSA) is 72.7 Å². The van der Waals surface area contributed by atoms with E-state index in [2.05, 4.69) is 35.1 Å². The van der Waals surface area contributed by atoms with Crippen LogP contribution >= 0.6 is 11.8 Å². The lowest BCUT2D eigenvalue weighted by molar-refractivity contribution is 0.420. The molecule has 0 saturated carbocycles. The van der Waals surface area contributed by atoms with Gasteiger partial charge in [0.15, 0.2) is 5.82 Å². The fourth-order valence-electron chi connectivity index (χ4n) is 2.43. The smallest absolute Gasteiger partial charge is 0.152 e. The maximum atomic E-state index is 10.3. The van der Waals surface area contributed by atoms with E-state index in [0.29, 0.717) is 11.6 Å². The first-order chi connectivity index (χ1) is 11.7. The zero-order valence-corrected chi connectivity index (χ0v) is 14.1. The molecule has 0 aliphatic rings. The molecular weight excluding hydrogens is 318 g/mol. The summed E-state index contributed by atoms with van der Waals surface area (Å²) < 4.78 is 0. The van der Waals surface area contributed by atoms with E-state index in [0.717, 1.165) is 16.8 Å². The Labute approximate surface area is 144 Å². The van der Waals surface area contributed by atoms with Crippen LogP contribution in [-0.2, 0) is 5.75 Å². The van der Waals surface area contributed by atoms with Gasteiger partial charge in [-0.1, -0.05) is 36.4 Å². The number of H-pyrrole nitrogens is 1. The molecule has 0 atom stereocenters. The second kappa shape index (κ2) is 7.24. The van der Waals surface area contributed by atoms with Crippen molar-refractivity contribution in [3.63, 3.8) is 0 Å². The molecule has 0 radical (unpaired) electrons. The van der Waals surface area contributed by atoms with E-state index in [1.807, 2.05) is 36.4 Å². The number of aromatic amines is 1. The highest BCUT2D eigenvalue weighted by molar-refractivity contribution is 7.98. The second-order valence-electron chi connectivity index (χ2n) is 5.46. The number of hydrogen-bond donors (Lipinski definition) is 2. The quantitative estimate of drug-likeness (QED) is 0.528. The predicted octanol–water partition coefficient (Wildman–Crippen LogP) is 4.60. The van der Waals surface area contributed by atoms with Gasteiger partial charge in [0.05, 0.1) is 16.8 Å². The standard InChI is InChI=1S/C19H17N3OS/c1-13-6-2-3-7-14(13)11-24-12-18(23)15(10-20)19-21-16-8-4-5-9-17(16)22-19/h2-9,23H,11-12H2,1H3,(H,21,22). The van der Waals surface area contributed by atoms with Crippen LogP contribution in [0.5, 0.6) is 0 Å². The molecule has 3 aromatic rings. The molecule has 3 rings (SSSR count). The van der Waals surface area contributed by atoms with Gasteiger partial charge in [-0.05, 0) is 30.2 Å². The van der Waals surface area contributed by atoms with Gasteiger partial charge >= 0.3 is 0 Å². The molecule has 2 aromatic carbocycles. The molecule has 1 heterocycles. The molecule has 2 N–H and O–H groups in total. The van der Waals surface area contributed by atoms with Crippen molar-refractivity contribution >= 4 is 28.4 Å². The summed E-state index contributed by atoms with van der Waals surface area (Å²) in [5.41, 5.74) is 4.29. The number of nitrogens with one attached hydrogen (secondary N) is 1. The Kier molecular flexibility index (Phi) is 4.88. The SMILES string of the molecule is Cc1ccccc1CSCC(O)=C(C#N)c1nc2ccccc2[nH]1. The van der Waals surface area contributed by atoms with Crippen LogP contribution in [0.15, 0.2) is 54.3 Å². The van der Waals surface area contributed by atoms with Crippen LogP contribution in [-0.4, -0.2) is 20.8 Å². The largest absolute Gasteiger partial charge is 0.510 e. The number of benzene rings is 2. The Bertz CT molecular complexity index is 904. The summed E-state index contributed by atoms with van der Waals surface area (Å²) in [6.45, 7) is 2.07. The number of aliphatic hydroxyl groups excluding tert-OH is 1. The van der Waals surface area contributed by atoms with Crippen LogP contribution in [0.1, 0.15) is 17.0 Å². The van der Waals surface area contributed by atoms with Crippen molar-refractivity contribution < 1.29 is 5.11 Å². The van der Waals surface area contributed by atoms with Crippen molar-refractivity contribution in [1.82, 2.24) is 9.97 Å². The van der Waals surface area contributed by atoms with E-state index >= 15 is 0 Å². The van der Waals surface area contributed by atoms with E-state index in [4.69, 9.17) is 0 Å². The number of rotatable bonds is 5. The van der Waals surface area contributed by atoms with Gasteiger partial charge < -0.3 is 10.1 Å². The van der Waals surface area contributed by atoms with Gasteiger partial charge in [-0.3, -0.25) is 0 Å². The van der Waals surface area contributed by atoms with Crippen LogP contribution in [0, 0.1) is 18.3 Å². The Morgan fingerprint density at radius 3 is 2.71 bits per heavy atom. The second-order valence-corrected chi connectivity index (χ2v) is 6.44. The number of hydrogen-bond acceptors (Lipinski definition) is 4. The summed E-state index contributed by atoms with van der Waals surface area (Å²) in [7, 11) is 0. The molecule has 1 aromatic heterocycles. The lowest BCUT2D eigenvalue weighted by Gasteiger charge is -2.06. The number of aryl methyl sites for hydroxylation is 1. The summed E-state index contributed by atoms with van der Waals surface area (Å²) >= 11 is 1.57. The van der Waals surface area contributed by atoms with Crippen molar-refractivity contribution in [3.05, 3.63) is 71.2 Å². The maximum Gasteiger partial charge on any atom is 0.152 e. The number of aliphatic hydroxyl groups is 1. The van der Waals surface area contributed by atoms with Crippen molar-refractivity contribution in [2.45, 2.75) is 12.7 Å². The van der Waals surface area contributed by atoms with Gasteiger partial charge in [0.2, 0.25) is 0 Å². The minimum atomic E-state index is 0.0511. The average molecular weight is 335 g/mol. The third-order valence-corrected chi connectivity index (χ3v) is 4.78. The number of para-hydroxylation sites is 2. The van der Waals surface area contributed by atoms with E-state index in [1.54, 1.807) is 11.8 Å². The van der Waals surface area contributed by atoms with Gasteiger partial charge in [0.25, 0.3) is 0 Å². The van der Waals surface area contributed by atoms with Crippen LogP contribution in [0.2, 0.25) is 0 Å². The van der Waals surface area contributed by atoms with E-state index in [-0.39, 0.29) is 11.3 Å². The first kappa shape index (κ1) is 16.2. The molecule has 0 saturated heterocycles. The molecule has 5 heteroatoms. The van der Waals surface area contributed by atoms with Crippen LogP contribution in [0.3, 0.4) is 0 Å². The number of thioether (sulfide) groups is 1. The monoisotopic (exact) mass is 335 g/mol. The summed E-state index contributed by atoms with van der Waals surface area (Å²) in [4.78, 5) is 7.46. The van der Waals surface area contributed by atoms with Crippen LogP contribution in [0.25, 0.3) is 16.6 Å². The minimum absolute atomic E-state index is 0.0511. The third-order valence-electron chi connectivity index (χ3n) is 3.78. The van der Waals surface area contributed by atoms with Gasteiger partial charge in [0.1, 0.15) is 17.4 Å². The Morgan fingerprint density at radius 1 is 1.21 bits per heavy atom. The zero-order valence-electron chi connectivity index (χ0n) is 13.3. The molecule has 0 amide bonds. The molecule has 4 nitrogen and oxygen atoms in total. The molecule has 0 aliphatic heterocycles. The van der Waals surface area contributed by atoms with Gasteiger partial charge in [-0.25, -0.2) is 4.98 Å². The molecule has 24 heavy (non-hydrogen) atoms. The van der Waals surface area contributed by atoms with Gasteiger partial charge in [-0.15, -0.1) is 11.8 Å². The fourth-order valence-corrected chi connectivity index (χ4v) is 3.41. The predicted molar refractivity (Wildman–Crippen MR) is 98.6 cm³/mol. The fraction of sp³-hybridized carbons (Fsp3) is 0.158. The summed E-state index contributed by atoms with van der Waals surface area (Å²) in [6.07, 6.45) is 0. The number of imidazole rings is 1. The lowest BCUT2D eigenvalue weighted by Crippen LogP contribution is -1.96. The first-order valence-electron chi connectivity index (χ1n) is 7.58. The van der Waals surface area contributed by atoms with Crippen molar-refractivity contribution in [1.29, 1.82) is 5.26 Å². The normalized spacial score (nSPS) is 12.0. The molecular formula is C19H17N3OS. The third kappa shape index (κ3) is 3.44. The van der Waals surface area contributed by atoms with Crippen molar-refractivity contribution in [2.24, 2.45) is 0 Å². The van der Waals surface area contributed by atoms with Crippen molar-refractivity contribution in [2.75, 3.05) is 5.75 Å². The average Bonchev–Trinajstić information content (AvgIpc) is 3.01. The zero-order chi connectivity index (χ0) is 16.9. The molecule has 0 unspecified atom stereocenters. The van der Waals surface area contributed by atoms with Gasteiger partial charge in [-0.2, -0.15) is 5.26 Å². The Hall–Kier alpha value is -2.71. The lowest BCUT2D eigenvalue weighted by atomic mass is 10.1. The number of aromatic nitrogens is 2.